The molecule has 0 spiro atoms. The van der Waals surface area contributed by atoms with E-state index in [4.69, 9.17) is 14.5 Å². The summed E-state index contributed by atoms with van der Waals surface area (Å²) in [5.74, 6) is 0.478. The highest BCUT2D eigenvalue weighted by Gasteiger charge is 2.26. The third-order valence-electron chi connectivity index (χ3n) is 6.49. The second-order valence-corrected chi connectivity index (χ2v) is 10.7. The molecule has 0 saturated carbocycles. The predicted molar refractivity (Wildman–Crippen MR) is 147 cm³/mol. The molecule has 0 radical (unpaired) electrons. The van der Waals surface area contributed by atoms with Gasteiger partial charge in [-0.1, -0.05) is 0 Å². The summed E-state index contributed by atoms with van der Waals surface area (Å²) in [7, 11) is 0. The SMILES string of the molecule is CC(C)(C)OC(=O)N1CCC(COCc2ccc3cnc(Nc4ccc(-n5cccn5)cc4F)cc3n2)CC1. The van der Waals surface area contributed by atoms with Gasteiger partial charge in [-0.15, -0.1) is 0 Å². The van der Waals surface area contributed by atoms with Gasteiger partial charge in [-0.2, -0.15) is 5.10 Å². The molecule has 1 N–H and O–H groups in total. The summed E-state index contributed by atoms with van der Waals surface area (Å²) in [4.78, 5) is 23.2. The van der Waals surface area contributed by atoms with Crippen LogP contribution in [0.15, 0.2) is 61.1 Å². The Balaban J connectivity index is 1.15. The molecule has 0 unspecified atom stereocenters. The number of benzene rings is 1. The van der Waals surface area contributed by atoms with Crippen LogP contribution in [0.2, 0.25) is 0 Å². The lowest BCUT2D eigenvalue weighted by atomic mass is 9.98. The van der Waals surface area contributed by atoms with Gasteiger partial charge in [0.25, 0.3) is 0 Å². The zero-order valence-electron chi connectivity index (χ0n) is 22.4. The Hall–Kier alpha value is -4.05. The summed E-state index contributed by atoms with van der Waals surface area (Å²) in [6.07, 6.45) is 6.63. The van der Waals surface area contributed by atoms with Crippen molar-refractivity contribution in [3.8, 4) is 5.69 Å². The van der Waals surface area contributed by atoms with Crippen LogP contribution >= 0.6 is 0 Å². The van der Waals surface area contributed by atoms with Crippen molar-refractivity contribution in [3.63, 3.8) is 0 Å². The number of likely N-dealkylation sites (tertiary alicyclic amines) is 1. The summed E-state index contributed by atoms with van der Waals surface area (Å²) in [6, 6.07) is 12.3. The molecule has 4 heterocycles. The minimum atomic E-state index is -0.487. The molecule has 1 aliphatic heterocycles. The molecule has 1 amide bonds. The number of anilines is 2. The number of pyridine rings is 2. The highest BCUT2D eigenvalue weighted by atomic mass is 19.1. The molecule has 0 bridgehead atoms. The summed E-state index contributed by atoms with van der Waals surface area (Å²) in [6.45, 7) is 7.97. The maximum absolute atomic E-state index is 14.7. The smallest absolute Gasteiger partial charge is 0.410 e. The second kappa shape index (κ2) is 11.4. The Morgan fingerprint density at radius 3 is 2.69 bits per heavy atom. The van der Waals surface area contributed by atoms with E-state index in [1.165, 1.54) is 6.07 Å². The Bertz CT molecular complexity index is 1430. The first-order valence-electron chi connectivity index (χ1n) is 13.1. The molecule has 1 fully saturated rings. The van der Waals surface area contributed by atoms with E-state index in [9.17, 15) is 9.18 Å². The average Bonchev–Trinajstić information content (AvgIpc) is 3.44. The molecule has 5 rings (SSSR count). The second-order valence-electron chi connectivity index (χ2n) is 10.7. The molecular formula is C29H33FN6O3. The summed E-state index contributed by atoms with van der Waals surface area (Å²) < 4.78 is 27.8. The number of rotatable bonds is 7. The fourth-order valence-corrected chi connectivity index (χ4v) is 4.45. The number of piperidine rings is 1. The maximum Gasteiger partial charge on any atom is 0.410 e. The molecule has 9 nitrogen and oxygen atoms in total. The van der Waals surface area contributed by atoms with Gasteiger partial charge in [0.2, 0.25) is 0 Å². The van der Waals surface area contributed by atoms with Gasteiger partial charge in [-0.25, -0.2) is 18.9 Å². The zero-order valence-corrected chi connectivity index (χ0v) is 22.4. The number of hydrogen-bond donors (Lipinski definition) is 1. The van der Waals surface area contributed by atoms with Gasteiger partial charge in [-0.05, 0) is 69.9 Å². The van der Waals surface area contributed by atoms with E-state index in [1.54, 1.807) is 52.4 Å². The van der Waals surface area contributed by atoms with Crippen LogP contribution in [0.1, 0.15) is 39.3 Å². The van der Waals surface area contributed by atoms with Gasteiger partial charge >= 0.3 is 6.09 Å². The summed E-state index contributed by atoms with van der Waals surface area (Å²) in [5.41, 5.74) is 2.01. The molecule has 3 aromatic heterocycles. The molecule has 1 saturated heterocycles. The van der Waals surface area contributed by atoms with Gasteiger partial charge in [0.15, 0.2) is 0 Å². The number of fused-ring (bicyclic) bond motifs is 1. The van der Waals surface area contributed by atoms with Gasteiger partial charge in [0, 0.05) is 49.2 Å². The van der Waals surface area contributed by atoms with Gasteiger partial charge < -0.3 is 19.7 Å². The number of halogens is 1. The van der Waals surface area contributed by atoms with Crippen LogP contribution in [0.4, 0.5) is 20.7 Å². The van der Waals surface area contributed by atoms with Gasteiger partial charge in [0.05, 0.1) is 35.8 Å². The van der Waals surface area contributed by atoms with Crippen molar-refractivity contribution in [3.05, 3.63) is 72.6 Å². The molecule has 204 valence electrons. The van der Waals surface area contributed by atoms with Crippen molar-refractivity contribution < 1.29 is 18.7 Å². The normalized spacial score (nSPS) is 14.5. The van der Waals surface area contributed by atoms with E-state index >= 15 is 0 Å². The fourth-order valence-electron chi connectivity index (χ4n) is 4.45. The number of amides is 1. The first-order valence-corrected chi connectivity index (χ1v) is 13.1. The van der Waals surface area contributed by atoms with Crippen LogP contribution in [0.25, 0.3) is 16.6 Å². The predicted octanol–water partition coefficient (Wildman–Crippen LogP) is 5.86. The Labute approximate surface area is 227 Å². The number of carbonyl (C=O) groups excluding carboxylic acids is 1. The van der Waals surface area contributed by atoms with Crippen LogP contribution < -0.4 is 5.32 Å². The Morgan fingerprint density at radius 2 is 1.97 bits per heavy atom. The third kappa shape index (κ3) is 6.88. The monoisotopic (exact) mass is 532 g/mol. The van der Waals surface area contributed by atoms with Crippen molar-refractivity contribution >= 4 is 28.5 Å². The highest BCUT2D eigenvalue weighted by molar-refractivity contribution is 5.81. The van der Waals surface area contributed by atoms with Crippen molar-refractivity contribution in [2.24, 2.45) is 5.92 Å². The molecular weight excluding hydrogens is 499 g/mol. The molecule has 0 atom stereocenters. The molecule has 0 aliphatic carbocycles. The van der Waals surface area contributed by atoms with E-state index in [2.05, 4.69) is 15.4 Å². The largest absolute Gasteiger partial charge is 0.444 e. The maximum atomic E-state index is 14.7. The first-order chi connectivity index (χ1) is 18.7. The standard InChI is InChI=1S/C29H33FN6O3/c1-29(2,3)39-28(37)35-13-9-20(10-14-35)18-38-19-22-6-5-21-17-31-27(16-26(21)33-22)34-25-8-7-23(15-24(25)30)36-12-4-11-32-36/h4-8,11-12,15-17,20H,9-10,13-14,18-19H2,1-3H3,(H,31,34). The minimum absolute atomic E-state index is 0.250. The average molecular weight is 533 g/mol. The number of ether oxygens (including phenoxy) is 2. The molecule has 1 aromatic carbocycles. The van der Waals surface area contributed by atoms with Crippen molar-refractivity contribution in [2.75, 3.05) is 25.0 Å². The summed E-state index contributed by atoms with van der Waals surface area (Å²) >= 11 is 0. The van der Waals surface area contributed by atoms with E-state index in [1.807, 2.05) is 32.9 Å². The number of carbonyl (C=O) groups is 1. The highest BCUT2D eigenvalue weighted by Crippen LogP contribution is 2.24. The van der Waals surface area contributed by atoms with Gasteiger partial charge in [-0.3, -0.25) is 4.98 Å². The third-order valence-corrected chi connectivity index (χ3v) is 6.49. The lowest BCUT2D eigenvalue weighted by Gasteiger charge is -2.33. The van der Waals surface area contributed by atoms with Crippen LogP contribution in [0, 0.1) is 11.7 Å². The van der Waals surface area contributed by atoms with Crippen molar-refractivity contribution in [2.45, 2.75) is 45.8 Å². The van der Waals surface area contributed by atoms with Crippen LogP contribution in [0.5, 0.6) is 0 Å². The topological polar surface area (TPSA) is 94.4 Å². The van der Waals surface area contributed by atoms with Crippen molar-refractivity contribution in [1.82, 2.24) is 24.6 Å². The Morgan fingerprint density at radius 1 is 1.15 bits per heavy atom. The molecule has 4 aromatic rings. The van der Waals surface area contributed by atoms with Crippen LogP contribution in [-0.4, -0.2) is 56.0 Å². The first kappa shape index (κ1) is 26.6. The van der Waals surface area contributed by atoms with Gasteiger partial charge in [0.1, 0.15) is 17.2 Å². The fraction of sp³-hybridized carbons (Fsp3) is 0.379. The zero-order chi connectivity index (χ0) is 27.4. The number of nitrogens with one attached hydrogen (secondary N) is 1. The van der Waals surface area contributed by atoms with E-state index in [0.717, 1.165) is 29.4 Å². The van der Waals surface area contributed by atoms with Crippen LogP contribution in [-0.2, 0) is 16.1 Å². The lowest BCUT2D eigenvalue weighted by molar-refractivity contribution is 0.0103. The number of aromatic nitrogens is 4. The number of hydrogen-bond acceptors (Lipinski definition) is 7. The minimum Gasteiger partial charge on any atom is -0.444 e. The lowest BCUT2D eigenvalue weighted by Crippen LogP contribution is -2.42. The van der Waals surface area contributed by atoms with E-state index in [-0.39, 0.29) is 6.09 Å². The molecule has 39 heavy (non-hydrogen) atoms. The van der Waals surface area contributed by atoms with Crippen LogP contribution in [0.3, 0.4) is 0 Å². The Kier molecular flexibility index (Phi) is 7.74. The van der Waals surface area contributed by atoms with E-state index in [0.29, 0.717) is 49.4 Å². The van der Waals surface area contributed by atoms with E-state index < -0.39 is 11.4 Å². The number of nitrogens with zero attached hydrogens (tertiary/aromatic N) is 5. The van der Waals surface area contributed by atoms with Crippen molar-refractivity contribution in [1.29, 1.82) is 0 Å². The summed E-state index contributed by atoms with van der Waals surface area (Å²) in [5, 5.41) is 8.06. The molecule has 1 aliphatic rings. The quantitative estimate of drug-likeness (QED) is 0.318. The molecule has 10 heteroatoms.